The van der Waals surface area contributed by atoms with Crippen LogP contribution < -0.4 is 0 Å². The van der Waals surface area contributed by atoms with Crippen LogP contribution in [0.25, 0.3) is 76.9 Å². The van der Waals surface area contributed by atoms with Crippen LogP contribution in [0.5, 0.6) is 0 Å². The minimum absolute atomic E-state index is 0.0757. The number of aromatic nitrogens is 2. The average molecular weight is 526 g/mol. The number of nitrogens with zero attached hydrogens (tertiary/aromatic N) is 2. The smallest absolute Gasteiger partial charge is 0.0972 e. The maximum Gasteiger partial charge on any atom is 0.0972 e. The summed E-state index contributed by atoms with van der Waals surface area (Å²) in [6, 6.07) is 47.9. The lowest BCUT2D eigenvalue weighted by Crippen LogP contribution is -1.92. The van der Waals surface area contributed by atoms with E-state index < -0.39 is 6.85 Å². The van der Waals surface area contributed by atoms with Gasteiger partial charge in [0, 0.05) is 26.1 Å². The molecule has 192 valence electrons. The van der Waals surface area contributed by atoms with Crippen molar-refractivity contribution >= 4 is 43.4 Å². The van der Waals surface area contributed by atoms with Crippen LogP contribution in [0.4, 0.5) is 0 Å². The highest BCUT2D eigenvalue weighted by Gasteiger charge is 2.16. The van der Waals surface area contributed by atoms with Crippen LogP contribution in [0.3, 0.4) is 0 Å². The molecule has 0 fully saturated rings. The second kappa shape index (κ2) is 9.39. The molecule has 8 aromatic rings. The van der Waals surface area contributed by atoms with Crippen LogP contribution in [0.1, 0.15) is 9.81 Å². The summed E-state index contributed by atoms with van der Waals surface area (Å²) >= 11 is 0. The van der Waals surface area contributed by atoms with Crippen molar-refractivity contribution < 1.29 is 4.11 Å². The first-order valence-electron chi connectivity index (χ1n) is 15.3. The van der Waals surface area contributed by atoms with E-state index >= 15 is 0 Å². The van der Waals surface area contributed by atoms with Crippen molar-refractivity contribution in [2.45, 2.75) is 6.85 Å². The Balaban J connectivity index is 1.28. The van der Waals surface area contributed by atoms with Gasteiger partial charge in [0.1, 0.15) is 0 Å². The molecular formula is C39H26N2. The van der Waals surface area contributed by atoms with E-state index in [9.17, 15) is 0 Å². The zero-order chi connectivity index (χ0) is 29.8. The molecule has 0 aliphatic carbocycles. The number of benzene rings is 6. The van der Waals surface area contributed by atoms with E-state index in [1.807, 2.05) is 30.3 Å². The lowest BCUT2D eigenvalue weighted by atomic mass is 9.86. The predicted molar refractivity (Wildman–Crippen MR) is 173 cm³/mol. The van der Waals surface area contributed by atoms with Crippen LogP contribution in [0, 0.1) is 6.85 Å². The van der Waals surface area contributed by atoms with Crippen molar-refractivity contribution in [1.82, 2.24) is 9.97 Å². The number of fused-ring (bicyclic) bond motifs is 5. The highest BCUT2D eigenvalue weighted by atomic mass is 14.8. The maximum atomic E-state index is 7.83. The molecular weight excluding hydrogens is 496 g/mol. The Bertz CT molecular complexity index is 2300. The molecule has 0 amide bonds. The Morgan fingerprint density at radius 1 is 0.415 bits per heavy atom. The van der Waals surface area contributed by atoms with E-state index in [0.717, 1.165) is 27.6 Å². The van der Waals surface area contributed by atoms with Crippen molar-refractivity contribution in [1.29, 1.82) is 0 Å². The second-order valence-electron chi connectivity index (χ2n) is 10.4. The van der Waals surface area contributed by atoms with Gasteiger partial charge in [-0.2, -0.15) is 0 Å². The summed E-state index contributed by atoms with van der Waals surface area (Å²) in [4.78, 5) is 9.52. The molecule has 2 heteroatoms. The Kier molecular flexibility index (Phi) is 4.71. The molecule has 0 unspecified atom stereocenters. The molecule has 0 saturated carbocycles. The molecule has 6 aromatic carbocycles. The van der Waals surface area contributed by atoms with Gasteiger partial charge in [-0.15, -0.1) is 0 Å². The molecule has 0 bridgehead atoms. The van der Waals surface area contributed by atoms with Crippen LogP contribution in [0.15, 0.2) is 140 Å². The fourth-order valence-corrected chi connectivity index (χ4v) is 6.09. The largest absolute Gasteiger partial charge is 0.251 e. The van der Waals surface area contributed by atoms with Crippen LogP contribution >= 0.6 is 0 Å². The van der Waals surface area contributed by atoms with E-state index in [-0.39, 0.29) is 5.69 Å². The van der Waals surface area contributed by atoms with Gasteiger partial charge in [-0.1, -0.05) is 127 Å². The summed E-state index contributed by atoms with van der Waals surface area (Å²) in [6.45, 7) is -2.28. The number of pyridine rings is 2. The van der Waals surface area contributed by atoms with Gasteiger partial charge in [0.15, 0.2) is 0 Å². The number of aryl methyl sites for hydroxylation is 1. The van der Waals surface area contributed by atoms with Crippen LogP contribution in [-0.4, -0.2) is 9.97 Å². The first-order chi connectivity index (χ1) is 21.5. The van der Waals surface area contributed by atoms with Gasteiger partial charge in [-0.25, -0.2) is 4.98 Å². The highest BCUT2D eigenvalue weighted by Crippen LogP contribution is 2.43. The first-order valence-corrected chi connectivity index (χ1v) is 13.8. The minimum atomic E-state index is -2.28. The standard InChI is InChI=1S/C39H26N2/c1-25-15-16-29-21-22-30-23-24-35(41-39(30)38(29)40-25)26-17-19-28(20-18-26)37-33-13-7-5-11-31(33)36(27-9-3-2-4-10-27)32-12-6-8-14-34(32)37/h2-24H,1H3/i1D3. The predicted octanol–water partition coefficient (Wildman–Crippen LogP) is 10.4. The van der Waals surface area contributed by atoms with Gasteiger partial charge >= 0.3 is 0 Å². The molecule has 2 nitrogen and oxygen atoms in total. The van der Waals surface area contributed by atoms with Crippen molar-refractivity contribution in [2.75, 3.05) is 0 Å². The van der Waals surface area contributed by atoms with Crippen molar-refractivity contribution in [3.05, 3.63) is 145 Å². The minimum Gasteiger partial charge on any atom is -0.251 e. The van der Waals surface area contributed by atoms with Gasteiger partial charge in [-0.05, 0) is 62.8 Å². The fourth-order valence-electron chi connectivity index (χ4n) is 6.09. The normalized spacial score (nSPS) is 12.9. The SMILES string of the molecule is [2H]C([2H])([2H])c1ccc2ccc3ccc(-c4ccc(-c5c6ccccc6c(-c6ccccc6)c6ccccc56)cc4)nc3c2n1. The van der Waals surface area contributed by atoms with Gasteiger partial charge in [0.25, 0.3) is 0 Å². The van der Waals surface area contributed by atoms with E-state index in [2.05, 4.69) is 108 Å². The molecule has 0 atom stereocenters. The Morgan fingerprint density at radius 2 is 0.878 bits per heavy atom. The van der Waals surface area contributed by atoms with E-state index in [4.69, 9.17) is 9.10 Å². The average Bonchev–Trinajstić information content (AvgIpc) is 3.06. The third-order valence-electron chi connectivity index (χ3n) is 7.98. The first kappa shape index (κ1) is 20.5. The Morgan fingerprint density at radius 3 is 1.46 bits per heavy atom. The molecule has 2 aromatic heterocycles. The lowest BCUT2D eigenvalue weighted by Gasteiger charge is -2.18. The van der Waals surface area contributed by atoms with Gasteiger partial charge < -0.3 is 0 Å². The quantitative estimate of drug-likeness (QED) is 0.169. The van der Waals surface area contributed by atoms with Crippen LogP contribution in [0.2, 0.25) is 0 Å². The summed E-state index contributed by atoms with van der Waals surface area (Å²) in [6.07, 6.45) is 0. The number of hydrogen-bond acceptors (Lipinski definition) is 2. The monoisotopic (exact) mass is 525 g/mol. The summed E-state index contributed by atoms with van der Waals surface area (Å²) in [5.41, 5.74) is 7.97. The summed E-state index contributed by atoms with van der Waals surface area (Å²) in [5, 5.41) is 6.66. The third kappa shape index (κ3) is 3.88. The molecule has 0 N–H and O–H groups in total. The maximum absolute atomic E-state index is 7.83. The molecule has 2 heterocycles. The molecule has 0 radical (unpaired) electrons. The number of rotatable bonds is 3. The fraction of sp³-hybridized carbons (Fsp3) is 0.0256. The molecule has 8 rings (SSSR count). The van der Waals surface area contributed by atoms with Crippen molar-refractivity contribution in [3.63, 3.8) is 0 Å². The molecule has 41 heavy (non-hydrogen) atoms. The van der Waals surface area contributed by atoms with Gasteiger partial charge in [0.2, 0.25) is 0 Å². The molecule has 0 aliphatic heterocycles. The lowest BCUT2D eigenvalue weighted by molar-refractivity contribution is 1.25. The van der Waals surface area contributed by atoms with Gasteiger partial charge in [0.05, 0.1) is 16.7 Å². The van der Waals surface area contributed by atoms with E-state index in [1.165, 1.54) is 38.2 Å². The van der Waals surface area contributed by atoms with Crippen LogP contribution in [-0.2, 0) is 0 Å². The second-order valence-corrected chi connectivity index (χ2v) is 10.4. The summed E-state index contributed by atoms with van der Waals surface area (Å²) < 4.78 is 23.5. The Labute approximate surface area is 242 Å². The van der Waals surface area contributed by atoms with E-state index in [0.29, 0.717) is 11.0 Å². The van der Waals surface area contributed by atoms with Gasteiger partial charge in [-0.3, -0.25) is 4.98 Å². The van der Waals surface area contributed by atoms with Crippen molar-refractivity contribution in [2.24, 2.45) is 0 Å². The number of hydrogen-bond donors (Lipinski definition) is 0. The third-order valence-corrected chi connectivity index (χ3v) is 7.98. The van der Waals surface area contributed by atoms with E-state index in [1.54, 1.807) is 6.07 Å². The highest BCUT2D eigenvalue weighted by molar-refractivity contribution is 6.21. The zero-order valence-corrected chi connectivity index (χ0v) is 22.2. The zero-order valence-electron chi connectivity index (χ0n) is 25.2. The molecule has 0 aliphatic rings. The van der Waals surface area contributed by atoms with Crippen molar-refractivity contribution in [3.8, 4) is 33.5 Å². The topological polar surface area (TPSA) is 25.8 Å². The summed E-state index contributed by atoms with van der Waals surface area (Å²) in [5.74, 6) is 0. The summed E-state index contributed by atoms with van der Waals surface area (Å²) in [7, 11) is 0. The Hall–Kier alpha value is -5.34. The molecule has 0 spiro atoms. The molecule has 0 saturated heterocycles.